The summed E-state index contributed by atoms with van der Waals surface area (Å²) >= 11 is 5.72. The molecule has 1 atom stereocenters. The molecule has 1 aliphatic rings. The highest BCUT2D eigenvalue weighted by Crippen LogP contribution is 2.20. The summed E-state index contributed by atoms with van der Waals surface area (Å²) in [5.74, 6) is 0.0876. The number of thiocarbonyl (C=S) groups is 1. The van der Waals surface area contributed by atoms with Gasteiger partial charge < -0.3 is 10.1 Å². The zero-order valence-electron chi connectivity index (χ0n) is 13.7. The molecule has 2 heterocycles. The summed E-state index contributed by atoms with van der Waals surface area (Å²) in [6.45, 7) is 4.25. The Labute approximate surface area is 148 Å². The monoisotopic (exact) mass is 341 g/mol. The van der Waals surface area contributed by atoms with Crippen LogP contribution >= 0.6 is 12.2 Å². The van der Waals surface area contributed by atoms with E-state index in [0.717, 1.165) is 50.1 Å². The molecule has 1 N–H and O–H groups in total. The van der Waals surface area contributed by atoms with Gasteiger partial charge in [-0.25, -0.2) is 0 Å². The fourth-order valence-corrected chi connectivity index (χ4v) is 3.10. The molecule has 1 saturated heterocycles. The summed E-state index contributed by atoms with van der Waals surface area (Å²) in [7, 11) is 0. The minimum atomic E-state index is 0.0876. The van der Waals surface area contributed by atoms with Crippen molar-refractivity contribution in [3.63, 3.8) is 0 Å². The molecule has 1 aromatic carbocycles. The molecule has 1 fully saturated rings. The van der Waals surface area contributed by atoms with Gasteiger partial charge in [-0.3, -0.25) is 9.88 Å². The Morgan fingerprint density at radius 2 is 1.88 bits per heavy atom. The number of rotatable bonds is 6. The number of hydrogen-bond donors (Lipinski definition) is 1. The number of pyridine rings is 1. The average molecular weight is 341 g/mol. The maximum Gasteiger partial charge on any atom is 0.0858 e. The molecule has 0 spiro atoms. The summed E-state index contributed by atoms with van der Waals surface area (Å²) in [4.78, 5) is 7.71. The van der Waals surface area contributed by atoms with E-state index in [9.17, 15) is 0 Å². The molecule has 0 aliphatic carbocycles. The van der Waals surface area contributed by atoms with E-state index in [4.69, 9.17) is 17.0 Å². The Morgan fingerprint density at radius 3 is 2.58 bits per heavy atom. The zero-order chi connectivity index (χ0) is 16.6. The van der Waals surface area contributed by atoms with E-state index in [2.05, 4.69) is 45.5 Å². The van der Waals surface area contributed by atoms with Gasteiger partial charge in [0.2, 0.25) is 0 Å². The number of nitrogens with zero attached hydrogens (tertiary/aromatic N) is 2. The van der Waals surface area contributed by atoms with Gasteiger partial charge in [0.15, 0.2) is 0 Å². The Bertz CT molecular complexity index is 630. The molecule has 1 unspecified atom stereocenters. The van der Waals surface area contributed by atoms with Gasteiger partial charge in [0.05, 0.1) is 36.5 Å². The Morgan fingerprint density at radius 1 is 1.12 bits per heavy atom. The summed E-state index contributed by atoms with van der Waals surface area (Å²) in [5.41, 5.74) is 2.28. The van der Waals surface area contributed by atoms with E-state index < -0.39 is 0 Å². The van der Waals surface area contributed by atoms with Crippen LogP contribution < -0.4 is 5.32 Å². The number of hydrogen-bond acceptors (Lipinski definition) is 4. The first-order valence-corrected chi connectivity index (χ1v) is 8.76. The molecule has 1 aromatic heterocycles. The van der Waals surface area contributed by atoms with Crippen LogP contribution in [-0.2, 0) is 11.2 Å². The second kappa shape index (κ2) is 8.87. The highest BCUT2D eigenvalue weighted by Gasteiger charge is 2.20. The summed E-state index contributed by atoms with van der Waals surface area (Å²) in [5, 5.41) is 3.43. The van der Waals surface area contributed by atoms with Crippen molar-refractivity contribution in [2.75, 3.05) is 33.0 Å². The summed E-state index contributed by atoms with van der Waals surface area (Å²) in [6.07, 6.45) is 2.69. The lowest BCUT2D eigenvalue weighted by Gasteiger charge is -2.28. The second-order valence-electron chi connectivity index (χ2n) is 5.93. The van der Waals surface area contributed by atoms with Crippen LogP contribution in [0.15, 0.2) is 54.7 Å². The van der Waals surface area contributed by atoms with Crippen molar-refractivity contribution >= 4 is 17.2 Å². The Kier molecular flexibility index (Phi) is 6.29. The van der Waals surface area contributed by atoms with E-state index in [-0.39, 0.29) is 5.92 Å². The summed E-state index contributed by atoms with van der Waals surface area (Å²) in [6, 6.07) is 16.5. The fraction of sp³-hybridized carbons (Fsp3) is 0.368. The molecule has 5 heteroatoms. The van der Waals surface area contributed by atoms with Crippen LogP contribution in [0, 0.1) is 0 Å². The third-order valence-electron chi connectivity index (χ3n) is 4.22. The first-order valence-electron chi connectivity index (χ1n) is 8.35. The van der Waals surface area contributed by atoms with Crippen molar-refractivity contribution in [2.24, 2.45) is 0 Å². The van der Waals surface area contributed by atoms with E-state index >= 15 is 0 Å². The topological polar surface area (TPSA) is 37.4 Å². The number of nitrogens with one attached hydrogen (secondary N) is 1. The molecule has 0 bridgehead atoms. The van der Waals surface area contributed by atoms with Crippen molar-refractivity contribution in [2.45, 2.75) is 12.3 Å². The van der Waals surface area contributed by atoms with Crippen LogP contribution in [0.25, 0.3) is 0 Å². The van der Waals surface area contributed by atoms with Crippen molar-refractivity contribution in [3.8, 4) is 0 Å². The molecule has 2 aromatic rings. The van der Waals surface area contributed by atoms with Crippen molar-refractivity contribution in [1.82, 2.24) is 15.2 Å². The number of benzene rings is 1. The number of morpholine rings is 1. The first-order chi connectivity index (χ1) is 11.8. The van der Waals surface area contributed by atoms with Crippen LogP contribution in [-0.4, -0.2) is 47.8 Å². The van der Waals surface area contributed by atoms with E-state index in [1.54, 1.807) is 0 Å². The Hall–Kier alpha value is -1.82. The third-order valence-corrected chi connectivity index (χ3v) is 4.65. The summed E-state index contributed by atoms with van der Waals surface area (Å²) < 4.78 is 5.39. The van der Waals surface area contributed by atoms with Gasteiger partial charge in [-0.15, -0.1) is 0 Å². The normalized spacial score (nSPS) is 16.5. The van der Waals surface area contributed by atoms with Gasteiger partial charge in [-0.1, -0.05) is 48.6 Å². The van der Waals surface area contributed by atoms with Crippen molar-refractivity contribution in [3.05, 3.63) is 66.0 Å². The van der Waals surface area contributed by atoms with Gasteiger partial charge in [0, 0.05) is 19.3 Å². The van der Waals surface area contributed by atoms with E-state index in [0.29, 0.717) is 0 Å². The van der Waals surface area contributed by atoms with Gasteiger partial charge in [-0.2, -0.15) is 0 Å². The van der Waals surface area contributed by atoms with Crippen LogP contribution in [0.1, 0.15) is 17.2 Å². The van der Waals surface area contributed by atoms with Crippen molar-refractivity contribution in [1.29, 1.82) is 0 Å². The number of ether oxygens (including phenoxy) is 1. The predicted octanol–water partition coefficient (Wildman–Crippen LogP) is 2.61. The molecular weight excluding hydrogens is 318 g/mol. The lowest BCUT2D eigenvalue weighted by atomic mass is 9.95. The molecule has 0 saturated carbocycles. The maximum absolute atomic E-state index is 5.72. The van der Waals surface area contributed by atoms with Crippen LogP contribution in [0.4, 0.5) is 0 Å². The highest BCUT2D eigenvalue weighted by atomic mass is 32.1. The van der Waals surface area contributed by atoms with E-state index in [1.165, 1.54) is 5.56 Å². The maximum atomic E-state index is 5.72. The molecule has 0 amide bonds. The molecule has 4 nitrogen and oxygen atoms in total. The average Bonchev–Trinajstić information content (AvgIpc) is 2.66. The van der Waals surface area contributed by atoms with Crippen LogP contribution in [0.2, 0.25) is 0 Å². The minimum absolute atomic E-state index is 0.0876. The molecule has 3 rings (SSSR count). The van der Waals surface area contributed by atoms with Gasteiger partial charge in [0.1, 0.15) is 0 Å². The van der Waals surface area contributed by atoms with Crippen LogP contribution in [0.3, 0.4) is 0 Å². The lowest BCUT2D eigenvalue weighted by Crippen LogP contribution is -2.44. The smallest absolute Gasteiger partial charge is 0.0858 e. The SMILES string of the molecule is S=C(NCN1CCOCC1)C(Cc1ccccc1)c1ccccn1. The zero-order valence-corrected chi connectivity index (χ0v) is 14.5. The molecular formula is C19H23N3OS. The molecule has 24 heavy (non-hydrogen) atoms. The fourth-order valence-electron chi connectivity index (χ4n) is 2.84. The van der Waals surface area contributed by atoms with Gasteiger partial charge in [0.25, 0.3) is 0 Å². The quantitative estimate of drug-likeness (QED) is 0.818. The third kappa shape index (κ3) is 4.84. The first kappa shape index (κ1) is 17.0. The Balaban J connectivity index is 1.67. The standard InChI is InChI=1S/C19H23N3OS/c24-19(21-15-22-10-12-23-13-11-22)17(18-8-4-5-9-20-18)14-16-6-2-1-3-7-16/h1-9,17H,10-15H2,(H,21,24). The van der Waals surface area contributed by atoms with Gasteiger partial charge in [-0.05, 0) is 24.1 Å². The molecule has 126 valence electrons. The number of aromatic nitrogens is 1. The second-order valence-corrected chi connectivity index (χ2v) is 6.37. The minimum Gasteiger partial charge on any atom is -0.379 e. The highest BCUT2D eigenvalue weighted by molar-refractivity contribution is 7.80. The van der Waals surface area contributed by atoms with Crippen molar-refractivity contribution < 1.29 is 4.74 Å². The molecule has 0 radical (unpaired) electrons. The lowest BCUT2D eigenvalue weighted by molar-refractivity contribution is 0.0366. The largest absolute Gasteiger partial charge is 0.379 e. The van der Waals surface area contributed by atoms with Gasteiger partial charge >= 0.3 is 0 Å². The van der Waals surface area contributed by atoms with E-state index in [1.807, 2.05) is 24.4 Å². The molecule has 1 aliphatic heterocycles. The van der Waals surface area contributed by atoms with Crippen LogP contribution in [0.5, 0.6) is 0 Å². The predicted molar refractivity (Wildman–Crippen MR) is 100 cm³/mol.